The molecule has 9 heteroatoms. The highest BCUT2D eigenvalue weighted by Crippen LogP contribution is 2.19. The van der Waals surface area contributed by atoms with E-state index >= 15 is 0 Å². The van der Waals surface area contributed by atoms with Crippen LogP contribution in [0.15, 0.2) is 35.3 Å². The molecule has 1 aromatic heterocycles. The number of nitrogens with one attached hydrogen (secondary N) is 2. The minimum absolute atomic E-state index is 0.0667. The third-order valence-electron chi connectivity index (χ3n) is 4.65. The van der Waals surface area contributed by atoms with Crippen molar-refractivity contribution >= 4 is 28.5 Å². The van der Waals surface area contributed by atoms with Crippen LogP contribution in [-0.4, -0.2) is 71.9 Å². The van der Waals surface area contributed by atoms with Gasteiger partial charge in [0.25, 0.3) is 5.91 Å². The van der Waals surface area contributed by atoms with Gasteiger partial charge in [-0.25, -0.2) is 4.98 Å². The highest BCUT2D eigenvalue weighted by atomic mass is 32.1. The Morgan fingerprint density at radius 2 is 1.90 bits per heavy atom. The molecule has 8 nitrogen and oxygen atoms in total. The largest absolute Gasteiger partial charge is 0.357 e. The van der Waals surface area contributed by atoms with Crippen LogP contribution in [-0.2, 0) is 6.42 Å². The maximum Gasteiger partial charge on any atom is 0.251 e. The van der Waals surface area contributed by atoms with Gasteiger partial charge in [0.2, 0.25) is 5.13 Å². The van der Waals surface area contributed by atoms with Gasteiger partial charge in [-0.15, -0.1) is 0 Å². The zero-order valence-corrected chi connectivity index (χ0v) is 17.9. The molecule has 2 aromatic rings. The Morgan fingerprint density at radius 1 is 1.14 bits per heavy atom. The predicted molar refractivity (Wildman–Crippen MR) is 118 cm³/mol. The molecule has 2 heterocycles. The van der Waals surface area contributed by atoms with Crippen molar-refractivity contribution in [3.63, 3.8) is 0 Å². The zero-order valence-electron chi connectivity index (χ0n) is 17.1. The maximum atomic E-state index is 12.1. The highest BCUT2D eigenvalue weighted by Gasteiger charge is 2.22. The molecule has 0 spiro atoms. The maximum absolute atomic E-state index is 12.1. The van der Waals surface area contributed by atoms with Crippen LogP contribution in [0.4, 0.5) is 5.13 Å². The number of benzene rings is 1. The van der Waals surface area contributed by atoms with Crippen molar-refractivity contribution in [1.82, 2.24) is 24.9 Å². The lowest BCUT2D eigenvalue weighted by atomic mass is 10.2. The molecule has 156 valence electrons. The SMILES string of the molecule is CCNC(=NCCNC(=O)c1ccccc1)N1CCN(c2nc(CC)ns2)CC1. The first-order valence-electron chi connectivity index (χ1n) is 10.1. The molecule has 0 radical (unpaired) electrons. The van der Waals surface area contributed by atoms with Gasteiger partial charge in [0.05, 0.1) is 6.54 Å². The fourth-order valence-corrected chi connectivity index (χ4v) is 3.88. The number of aromatic nitrogens is 2. The monoisotopic (exact) mass is 415 g/mol. The topological polar surface area (TPSA) is 85.8 Å². The van der Waals surface area contributed by atoms with Crippen LogP contribution < -0.4 is 15.5 Å². The normalized spacial score (nSPS) is 14.8. The Labute approximate surface area is 176 Å². The summed E-state index contributed by atoms with van der Waals surface area (Å²) in [4.78, 5) is 25.9. The van der Waals surface area contributed by atoms with Gasteiger partial charge in [-0.05, 0) is 19.1 Å². The molecule has 0 aliphatic carbocycles. The summed E-state index contributed by atoms with van der Waals surface area (Å²) in [7, 11) is 0. The fourth-order valence-electron chi connectivity index (χ4n) is 3.07. The minimum atomic E-state index is -0.0667. The van der Waals surface area contributed by atoms with Crippen molar-refractivity contribution in [2.24, 2.45) is 4.99 Å². The third kappa shape index (κ3) is 5.90. The molecular weight excluding hydrogens is 386 g/mol. The van der Waals surface area contributed by atoms with E-state index in [2.05, 4.69) is 43.6 Å². The summed E-state index contributed by atoms with van der Waals surface area (Å²) >= 11 is 1.48. The average Bonchev–Trinajstić information content (AvgIpc) is 3.26. The predicted octanol–water partition coefficient (Wildman–Crippen LogP) is 1.62. The number of carbonyl (C=O) groups excluding carboxylic acids is 1. The van der Waals surface area contributed by atoms with Crippen LogP contribution in [0.3, 0.4) is 0 Å². The molecule has 3 rings (SSSR count). The lowest BCUT2D eigenvalue weighted by molar-refractivity contribution is 0.0955. The van der Waals surface area contributed by atoms with Gasteiger partial charge in [0.1, 0.15) is 5.82 Å². The summed E-state index contributed by atoms with van der Waals surface area (Å²) in [6.45, 7) is 9.55. The number of amides is 1. The quantitative estimate of drug-likeness (QED) is 0.406. The van der Waals surface area contributed by atoms with Crippen molar-refractivity contribution in [1.29, 1.82) is 0 Å². The van der Waals surface area contributed by atoms with E-state index in [9.17, 15) is 4.79 Å². The second-order valence-corrected chi connectivity index (χ2v) is 7.41. The van der Waals surface area contributed by atoms with Crippen molar-refractivity contribution in [3.8, 4) is 0 Å². The van der Waals surface area contributed by atoms with E-state index < -0.39 is 0 Å². The molecule has 1 amide bonds. The van der Waals surface area contributed by atoms with Crippen LogP contribution in [0.2, 0.25) is 0 Å². The number of piperazine rings is 1. The first kappa shape index (κ1) is 21.0. The molecular formula is C20H29N7OS. The molecule has 2 N–H and O–H groups in total. The van der Waals surface area contributed by atoms with E-state index in [4.69, 9.17) is 4.99 Å². The van der Waals surface area contributed by atoms with Gasteiger partial charge >= 0.3 is 0 Å². The lowest BCUT2D eigenvalue weighted by Gasteiger charge is -2.36. The Kier molecular flexibility index (Phi) is 7.80. The Bertz CT molecular complexity index is 800. The van der Waals surface area contributed by atoms with Gasteiger partial charge < -0.3 is 20.4 Å². The second kappa shape index (κ2) is 10.8. The van der Waals surface area contributed by atoms with Crippen LogP contribution in [0.5, 0.6) is 0 Å². The van der Waals surface area contributed by atoms with Crippen molar-refractivity contribution in [2.75, 3.05) is 50.7 Å². The number of aliphatic imine (C=N–C) groups is 1. The number of carbonyl (C=O) groups is 1. The van der Waals surface area contributed by atoms with E-state index in [1.165, 1.54) is 11.5 Å². The number of hydrogen-bond donors (Lipinski definition) is 2. The molecule has 0 bridgehead atoms. The highest BCUT2D eigenvalue weighted by molar-refractivity contribution is 7.09. The van der Waals surface area contributed by atoms with Crippen molar-refractivity contribution in [3.05, 3.63) is 41.7 Å². The van der Waals surface area contributed by atoms with E-state index in [1.54, 1.807) is 0 Å². The summed E-state index contributed by atoms with van der Waals surface area (Å²) < 4.78 is 4.38. The van der Waals surface area contributed by atoms with Crippen LogP contribution in [0.25, 0.3) is 0 Å². The molecule has 0 unspecified atom stereocenters. The zero-order chi connectivity index (χ0) is 20.5. The van der Waals surface area contributed by atoms with Crippen LogP contribution in [0, 0.1) is 0 Å². The number of aryl methyl sites for hydroxylation is 1. The van der Waals surface area contributed by atoms with E-state index in [0.29, 0.717) is 18.7 Å². The smallest absolute Gasteiger partial charge is 0.251 e. The molecule has 1 fully saturated rings. The van der Waals surface area contributed by atoms with Gasteiger partial charge in [0.15, 0.2) is 5.96 Å². The summed E-state index contributed by atoms with van der Waals surface area (Å²) in [5, 5.41) is 7.29. The van der Waals surface area contributed by atoms with Crippen LogP contribution >= 0.6 is 11.5 Å². The fraction of sp³-hybridized carbons (Fsp3) is 0.500. The minimum Gasteiger partial charge on any atom is -0.357 e. The van der Waals surface area contributed by atoms with Crippen molar-refractivity contribution < 1.29 is 4.79 Å². The van der Waals surface area contributed by atoms with Gasteiger partial charge in [-0.1, -0.05) is 25.1 Å². The number of hydrogen-bond acceptors (Lipinski definition) is 6. The average molecular weight is 416 g/mol. The van der Waals surface area contributed by atoms with E-state index in [0.717, 1.165) is 56.1 Å². The van der Waals surface area contributed by atoms with Gasteiger partial charge in [-0.3, -0.25) is 9.79 Å². The lowest BCUT2D eigenvalue weighted by Crippen LogP contribution is -2.52. The Balaban J connectivity index is 1.48. The third-order valence-corrected chi connectivity index (χ3v) is 5.47. The molecule has 0 atom stereocenters. The number of anilines is 1. The Morgan fingerprint density at radius 3 is 2.55 bits per heavy atom. The molecule has 1 aliphatic rings. The standard InChI is InChI=1S/C20H29N7OS/c1-3-17-24-20(29-25-17)27-14-12-26(13-15-27)19(21-4-2)23-11-10-22-18(28)16-8-6-5-7-9-16/h5-9H,3-4,10-15H2,1-2H3,(H,21,23)(H,22,28). The summed E-state index contributed by atoms with van der Waals surface area (Å²) in [6, 6.07) is 9.24. The summed E-state index contributed by atoms with van der Waals surface area (Å²) in [5.41, 5.74) is 0.669. The summed E-state index contributed by atoms with van der Waals surface area (Å²) in [5.74, 6) is 1.75. The van der Waals surface area contributed by atoms with Gasteiger partial charge in [0, 0.05) is 62.8 Å². The molecule has 29 heavy (non-hydrogen) atoms. The summed E-state index contributed by atoms with van der Waals surface area (Å²) in [6.07, 6.45) is 0.870. The molecule has 1 aromatic carbocycles. The number of guanidine groups is 1. The molecule has 1 saturated heterocycles. The number of nitrogens with zero attached hydrogens (tertiary/aromatic N) is 5. The first-order valence-corrected chi connectivity index (χ1v) is 10.9. The molecule has 1 aliphatic heterocycles. The molecule has 0 saturated carbocycles. The number of rotatable bonds is 7. The van der Waals surface area contributed by atoms with Crippen molar-refractivity contribution in [2.45, 2.75) is 20.3 Å². The van der Waals surface area contributed by atoms with E-state index in [-0.39, 0.29) is 5.91 Å². The van der Waals surface area contributed by atoms with Crippen LogP contribution in [0.1, 0.15) is 30.0 Å². The van der Waals surface area contributed by atoms with Gasteiger partial charge in [-0.2, -0.15) is 4.37 Å². The Hall–Kier alpha value is -2.68. The van der Waals surface area contributed by atoms with E-state index in [1.807, 2.05) is 30.3 Å². The second-order valence-electron chi connectivity index (χ2n) is 6.68. The first-order chi connectivity index (χ1) is 14.2.